The van der Waals surface area contributed by atoms with Gasteiger partial charge in [0.05, 0.1) is 0 Å². The number of hydrogen-bond acceptors (Lipinski definition) is 3. The molecule has 0 aromatic heterocycles. The first-order valence-electron chi connectivity index (χ1n) is 10.5. The molecule has 3 saturated carbocycles. The second kappa shape index (κ2) is 7.55. The van der Waals surface area contributed by atoms with Gasteiger partial charge in [0.25, 0.3) is 0 Å². The van der Waals surface area contributed by atoms with Gasteiger partial charge in [0.15, 0.2) is 0 Å². The third-order valence-corrected chi connectivity index (χ3v) is 6.84. The molecule has 1 atom stereocenters. The van der Waals surface area contributed by atoms with E-state index in [4.69, 9.17) is 4.99 Å². The Morgan fingerprint density at radius 1 is 0.609 bits per heavy atom. The zero-order valence-electron chi connectivity index (χ0n) is 14.8. The largest absolute Gasteiger partial charge is 0.291 e. The smallest absolute Gasteiger partial charge is 0.124 e. The lowest BCUT2D eigenvalue weighted by Crippen LogP contribution is -2.55. The molecule has 4 aliphatic rings. The van der Waals surface area contributed by atoms with Crippen molar-refractivity contribution in [3.8, 4) is 0 Å². The Kier molecular flexibility index (Phi) is 5.23. The third-order valence-electron chi connectivity index (χ3n) is 6.84. The maximum atomic E-state index is 5.10. The summed E-state index contributed by atoms with van der Waals surface area (Å²) in [5.41, 5.74) is 0. The van der Waals surface area contributed by atoms with Crippen LogP contribution in [-0.4, -0.2) is 34.6 Å². The standard InChI is InChI=1S/C20H35N3/c1-4-10-17(11-5-1)20-21-16-22(18-12-6-2-7-13-18)23(20)19-14-8-3-9-15-19/h16-20H,1-15H2. The Morgan fingerprint density at radius 3 is 1.74 bits per heavy atom. The van der Waals surface area contributed by atoms with Crippen molar-refractivity contribution < 1.29 is 0 Å². The Labute approximate surface area is 142 Å². The van der Waals surface area contributed by atoms with Crippen LogP contribution in [0.1, 0.15) is 96.3 Å². The van der Waals surface area contributed by atoms with Gasteiger partial charge in [0, 0.05) is 12.1 Å². The molecule has 0 spiro atoms. The van der Waals surface area contributed by atoms with Crippen molar-refractivity contribution in [2.24, 2.45) is 10.9 Å². The topological polar surface area (TPSA) is 18.8 Å². The van der Waals surface area contributed by atoms with E-state index in [0.29, 0.717) is 6.17 Å². The number of hydrazine groups is 1. The zero-order chi connectivity index (χ0) is 15.5. The second-order valence-corrected chi connectivity index (χ2v) is 8.42. The van der Waals surface area contributed by atoms with Gasteiger partial charge in [-0.25, -0.2) is 0 Å². The quantitative estimate of drug-likeness (QED) is 0.719. The zero-order valence-corrected chi connectivity index (χ0v) is 14.8. The van der Waals surface area contributed by atoms with E-state index in [1.54, 1.807) is 0 Å². The van der Waals surface area contributed by atoms with Gasteiger partial charge in [-0.1, -0.05) is 57.8 Å². The van der Waals surface area contributed by atoms with Crippen molar-refractivity contribution in [2.45, 2.75) is 115 Å². The van der Waals surface area contributed by atoms with Crippen molar-refractivity contribution >= 4 is 6.34 Å². The van der Waals surface area contributed by atoms with E-state index >= 15 is 0 Å². The Morgan fingerprint density at radius 2 is 1.13 bits per heavy atom. The first-order chi connectivity index (χ1) is 11.4. The fraction of sp³-hybridized carbons (Fsp3) is 0.950. The van der Waals surface area contributed by atoms with E-state index in [1.807, 2.05) is 0 Å². The van der Waals surface area contributed by atoms with Crippen LogP contribution >= 0.6 is 0 Å². The van der Waals surface area contributed by atoms with Crippen LogP contribution in [0.4, 0.5) is 0 Å². The molecule has 0 saturated heterocycles. The highest BCUT2D eigenvalue weighted by atomic mass is 15.7. The highest BCUT2D eigenvalue weighted by Crippen LogP contribution is 2.38. The second-order valence-electron chi connectivity index (χ2n) is 8.42. The maximum Gasteiger partial charge on any atom is 0.124 e. The van der Waals surface area contributed by atoms with Crippen LogP contribution in [-0.2, 0) is 0 Å². The van der Waals surface area contributed by atoms with E-state index in [9.17, 15) is 0 Å². The normalized spacial score (nSPS) is 32.7. The van der Waals surface area contributed by atoms with E-state index in [2.05, 4.69) is 16.4 Å². The summed E-state index contributed by atoms with van der Waals surface area (Å²) in [5, 5.41) is 5.43. The molecule has 1 heterocycles. The molecule has 3 aliphatic carbocycles. The lowest BCUT2D eigenvalue weighted by Gasteiger charge is -2.46. The van der Waals surface area contributed by atoms with Gasteiger partial charge < -0.3 is 0 Å². The highest BCUT2D eigenvalue weighted by Gasteiger charge is 2.41. The number of nitrogens with zero attached hydrogens (tertiary/aromatic N) is 3. The summed E-state index contributed by atoms with van der Waals surface area (Å²) in [6, 6.07) is 1.50. The molecule has 4 rings (SSSR count). The first-order valence-corrected chi connectivity index (χ1v) is 10.5. The summed E-state index contributed by atoms with van der Waals surface area (Å²) >= 11 is 0. The molecule has 3 heteroatoms. The van der Waals surface area contributed by atoms with Crippen molar-refractivity contribution in [1.82, 2.24) is 10.0 Å². The van der Waals surface area contributed by atoms with Crippen LogP contribution in [0.2, 0.25) is 0 Å². The van der Waals surface area contributed by atoms with Gasteiger partial charge in [-0.15, -0.1) is 0 Å². The number of aliphatic imine (C=N–C) groups is 1. The van der Waals surface area contributed by atoms with Gasteiger partial charge in [-0.3, -0.25) is 10.0 Å². The molecule has 0 amide bonds. The molecular formula is C20H35N3. The van der Waals surface area contributed by atoms with Crippen LogP contribution < -0.4 is 0 Å². The molecule has 0 bridgehead atoms. The summed E-state index contributed by atoms with van der Waals surface area (Å²) in [7, 11) is 0. The fourth-order valence-corrected chi connectivity index (χ4v) is 5.55. The molecule has 23 heavy (non-hydrogen) atoms. The van der Waals surface area contributed by atoms with E-state index in [1.165, 1.54) is 96.3 Å². The minimum Gasteiger partial charge on any atom is -0.291 e. The Balaban J connectivity index is 1.51. The minimum absolute atomic E-state index is 0.473. The molecule has 0 aromatic rings. The minimum atomic E-state index is 0.473. The molecule has 0 N–H and O–H groups in total. The van der Waals surface area contributed by atoms with E-state index in [-0.39, 0.29) is 0 Å². The third kappa shape index (κ3) is 3.45. The number of hydrogen-bond donors (Lipinski definition) is 0. The molecule has 3 fully saturated rings. The molecule has 0 radical (unpaired) electrons. The molecule has 130 valence electrons. The summed E-state index contributed by atoms with van der Waals surface area (Å²) < 4.78 is 0. The van der Waals surface area contributed by atoms with Crippen LogP contribution in [0.15, 0.2) is 4.99 Å². The van der Waals surface area contributed by atoms with E-state index < -0.39 is 0 Å². The molecule has 1 unspecified atom stereocenters. The Bertz CT molecular complexity index is 362. The molecule has 3 nitrogen and oxygen atoms in total. The summed E-state index contributed by atoms with van der Waals surface area (Å²) in [6.45, 7) is 0. The van der Waals surface area contributed by atoms with Crippen molar-refractivity contribution in [3.63, 3.8) is 0 Å². The van der Waals surface area contributed by atoms with Crippen molar-refractivity contribution in [2.75, 3.05) is 0 Å². The average molecular weight is 318 g/mol. The van der Waals surface area contributed by atoms with E-state index in [0.717, 1.165) is 18.0 Å². The highest BCUT2D eigenvalue weighted by molar-refractivity contribution is 5.57. The molecule has 1 aliphatic heterocycles. The predicted molar refractivity (Wildman–Crippen MR) is 96.3 cm³/mol. The summed E-state index contributed by atoms with van der Waals surface area (Å²) in [6.07, 6.45) is 24.0. The van der Waals surface area contributed by atoms with Crippen molar-refractivity contribution in [3.05, 3.63) is 0 Å². The van der Waals surface area contributed by atoms with Crippen LogP contribution in [0.25, 0.3) is 0 Å². The Hall–Kier alpha value is -0.570. The fourth-order valence-electron chi connectivity index (χ4n) is 5.55. The lowest BCUT2D eigenvalue weighted by molar-refractivity contribution is -0.0805. The van der Waals surface area contributed by atoms with Crippen molar-refractivity contribution in [1.29, 1.82) is 0 Å². The predicted octanol–water partition coefficient (Wildman–Crippen LogP) is 5.12. The first kappa shape index (κ1) is 15.9. The lowest BCUT2D eigenvalue weighted by atomic mass is 9.85. The van der Waals surface area contributed by atoms with Gasteiger partial charge >= 0.3 is 0 Å². The maximum absolute atomic E-state index is 5.10. The number of rotatable bonds is 3. The van der Waals surface area contributed by atoms with Gasteiger partial charge in [0.2, 0.25) is 0 Å². The van der Waals surface area contributed by atoms with Crippen LogP contribution in [0.5, 0.6) is 0 Å². The monoisotopic (exact) mass is 317 g/mol. The van der Waals surface area contributed by atoms with Crippen LogP contribution in [0, 0.1) is 5.92 Å². The molecule has 0 aromatic carbocycles. The average Bonchev–Trinajstić information content (AvgIpc) is 3.09. The molecular weight excluding hydrogens is 282 g/mol. The van der Waals surface area contributed by atoms with Crippen LogP contribution in [0.3, 0.4) is 0 Å². The summed E-state index contributed by atoms with van der Waals surface area (Å²) in [5.74, 6) is 0.815. The van der Waals surface area contributed by atoms with Gasteiger partial charge in [0.1, 0.15) is 12.5 Å². The van der Waals surface area contributed by atoms with Gasteiger partial charge in [-0.05, 0) is 44.4 Å². The van der Waals surface area contributed by atoms with Gasteiger partial charge in [-0.2, -0.15) is 5.01 Å². The summed E-state index contributed by atoms with van der Waals surface area (Å²) in [4.78, 5) is 5.10. The SMILES string of the molecule is C1=NC(C2CCCCC2)N(C2CCCCC2)N1C1CCCCC1.